The van der Waals surface area contributed by atoms with Gasteiger partial charge in [-0.15, -0.1) is 0 Å². The minimum Gasteiger partial charge on any atom is -0.312 e. The van der Waals surface area contributed by atoms with Crippen molar-refractivity contribution in [3.05, 3.63) is 46.1 Å². The van der Waals surface area contributed by atoms with Gasteiger partial charge in [-0.25, -0.2) is 0 Å². The lowest BCUT2D eigenvalue weighted by Gasteiger charge is -2.13. The molecule has 2 N–H and O–H groups in total. The summed E-state index contributed by atoms with van der Waals surface area (Å²) in [6.07, 6.45) is 0.885. The molecule has 1 aromatic carbocycles. The van der Waals surface area contributed by atoms with E-state index in [-0.39, 0.29) is 5.91 Å². The number of aryl methyl sites for hydroxylation is 1. The van der Waals surface area contributed by atoms with Crippen LogP contribution >= 0.6 is 11.6 Å². The van der Waals surface area contributed by atoms with E-state index in [1.807, 2.05) is 7.05 Å². The Morgan fingerprint density at radius 3 is 3.15 bits per heavy atom. The number of carbonyl (C=O) groups excluding carboxylic acids is 1. The first-order chi connectivity index (χ1) is 9.65. The average molecular weight is 291 g/mol. The number of nitrogens with one attached hydrogen (secondary N) is 2. The molecule has 104 valence electrons. The maximum Gasteiger partial charge on any atom is 0.256 e. The predicted molar refractivity (Wildman–Crippen MR) is 78.0 cm³/mol. The van der Waals surface area contributed by atoms with Crippen molar-refractivity contribution in [1.29, 1.82) is 0 Å². The number of nitrogens with zero attached hydrogens (tertiary/aromatic N) is 2. The SMILES string of the molecule is Cn1nc2c(c1NC(=O)c1cccc(Cl)c1)CNCC2. The maximum atomic E-state index is 12.3. The summed E-state index contributed by atoms with van der Waals surface area (Å²) in [5.74, 6) is 0.570. The number of hydrogen-bond acceptors (Lipinski definition) is 3. The molecular weight excluding hydrogens is 276 g/mol. The quantitative estimate of drug-likeness (QED) is 0.889. The summed E-state index contributed by atoms with van der Waals surface area (Å²) in [6.45, 7) is 1.65. The molecule has 1 aromatic heterocycles. The highest BCUT2D eigenvalue weighted by Gasteiger charge is 2.20. The number of fused-ring (bicyclic) bond motifs is 1. The van der Waals surface area contributed by atoms with Crippen molar-refractivity contribution >= 4 is 23.3 Å². The van der Waals surface area contributed by atoms with Crippen LogP contribution in [-0.4, -0.2) is 22.2 Å². The molecule has 1 aliphatic heterocycles. The molecule has 0 saturated carbocycles. The highest BCUT2D eigenvalue weighted by atomic mass is 35.5. The molecule has 0 atom stereocenters. The van der Waals surface area contributed by atoms with Crippen molar-refractivity contribution < 1.29 is 4.79 Å². The number of benzene rings is 1. The molecule has 20 heavy (non-hydrogen) atoms. The van der Waals surface area contributed by atoms with Crippen LogP contribution in [0.2, 0.25) is 5.02 Å². The summed E-state index contributed by atoms with van der Waals surface area (Å²) in [7, 11) is 1.84. The van der Waals surface area contributed by atoms with E-state index in [0.717, 1.165) is 36.6 Å². The zero-order valence-corrected chi connectivity index (χ0v) is 11.9. The van der Waals surface area contributed by atoms with Gasteiger partial charge in [0, 0.05) is 42.7 Å². The van der Waals surface area contributed by atoms with E-state index < -0.39 is 0 Å². The molecule has 0 bridgehead atoms. The van der Waals surface area contributed by atoms with Gasteiger partial charge in [0.25, 0.3) is 5.91 Å². The van der Waals surface area contributed by atoms with Gasteiger partial charge in [0.05, 0.1) is 5.69 Å². The summed E-state index contributed by atoms with van der Waals surface area (Å²) in [6, 6.07) is 6.89. The van der Waals surface area contributed by atoms with Gasteiger partial charge in [-0.2, -0.15) is 5.10 Å². The Morgan fingerprint density at radius 2 is 2.35 bits per heavy atom. The van der Waals surface area contributed by atoms with E-state index in [1.165, 1.54) is 0 Å². The van der Waals surface area contributed by atoms with Gasteiger partial charge in [-0.3, -0.25) is 9.48 Å². The van der Waals surface area contributed by atoms with E-state index in [0.29, 0.717) is 10.6 Å². The minimum atomic E-state index is -0.177. The molecule has 6 heteroatoms. The fourth-order valence-electron chi connectivity index (χ4n) is 2.40. The molecule has 1 amide bonds. The van der Waals surface area contributed by atoms with Gasteiger partial charge in [0.1, 0.15) is 5.82 Å². The average Bonchev–Trinajstić information content (AvgIpc) is 2.75. The predicted octanol–water partition coefficient (Wildman–Crippen LogP) is 1.97. The number of carbonyl (C=O) groups is 1. The van der Waals surface area contributed by atoms with Crippen molar-refractivity contribution in [1.82, 2.24) is 15.1 Å². The molecule has 3 rings (SSSR count). The Kier molecular flexibility index (Phi) is 3.46. The van der Waals surface area contributed by atoms with Crippen molar-refractivity contribution in [3.8, 4) is 0 Å². The van der Waals surface area contributed by atoms with Crippen LogP contribution in [0.25, 0.3) is 0 Å². The van der Waals surface area contributed by atoms with Gasteiger partial charge < -0.3 is 10.6 Å². The third-order valence-electron chi connectivity index (χ3n) is 3.39. The van der Waals surface area contributed by atoms with Crippen molar-refractivity contribution in [3.63, 3.8) is 0 Å². The Morgan fingerprint density at radius 1 is 1.50 bits per heavy atom. The summed E-state index contributed by atoms with van der Waals surface area (Å²) < 4.78 is 1.72. The molecule has 0 unspecified atom stereocenters. The summed E-state index contributed by atoms with van der Waals surface area (Å²) >= 11 is 5.91. The summed E-state index contributed by atoms with van der Waals surface area (Å²) in [5, 5.41) is 11.2. The van der Waals surface area contributed by atoms with Crippen LogP contribution in [0.3, 0.4) is 0 Å². The van der Waals surface area contributed by atoms with E-state index in [9.17, 15) is 4.79 Å². The topological polar surface area (TPSA) is 59.0 Å². The Hall–Kier alpha value is -1.85. The van der Waals surface area contributed by atoms with Crippen molar-refractivity contribution in [2.45, 2.75) is 13.0 Å². The Balaban J connectivity index is 1.88. The van der Waals surface area contributed by atoms with Crippen LogP contribution in [0.15, 0.2) is 24.3 Å². The van der Waals surface area contributed by atoms with Crippen LogP contribution in [0, 0.1) is 0 Å². The molecule has 0 fully saturated rings. The molecular formula is C14H15ClN4O. The second-order valence-electron chi connectivity index (χ2n) is 4.79. The zero-order valence-electron chi connectivity index (χ0n) is 11.1. The molecule has 1 aliphatic rings. The number of halogens is 1. The van der Waals surface area contributed by atoms with Gasteiger partial charge in [-0.1, -0.05) is 17.7 Å². The largest absolute Gasteiger partial charge is 0.312 e. The number of rotatable bonds is 2. The first-order valence-corrected chi connectivity index (χ1v) is 6.85. The van der Waals surface area contributed by atoms with Gasteiger partial charge >= 0.3 is 0 Å². The second-order valence-corrected chi connectivity index (χ2v) is 5.23. The van der Waals surface area contributed by atoms with Crippen LogP contribution in [0.4, 0.5) is 5.82 Å². The maximum absolute atomic E-state index is 12.3. The fourth-order valence-corrected chi connectivity index (χ4v) is 2.59. The molecule has 5 nitrogen and oxygen atoms in total. The highest BCUT2D eigenvalue weighted by molar-refractivity contribution is 6.31. The smallest absolute Gasteiger partial charge is 0.256 e. The molecule has 0 saturated heterocycles. The van der Waals surface area contributed by atoms with E-state index in [1.54, 1.807) is 28.9 Å². The number of hydrogen-bond donors (Lipinski definition) is 2. The first kappa shape index (κ1) is 13.1. The molecule has 2 heterocycles. The fraction of sp³-hybridized carbons (Fsp3) is 0.286. The van der Waals surface area contributed by atoms with Crippen LogP contribution in [0.1, 0.15) is 21.6 Å². The number of amides is 1. The molecule has 2 aromatic rings. The van der Waals surface area contributed by atoms with Crippen molar-refractivity contribution in [2.75, 3.05) is 11.9 Å². The van der Waals surface area contributed by atoms with Gasteiger partial charge in [0.2, 0.25) is 0 Å². The minimum absolute atomic E-state index is 0.177. The lowest BCUT2D eigenvalue weighted by Crippen LogP contribution is -2.24. The molecule has 0 aliphatic carbocycles. The monoisotopic (exact) mass is 290 g/mol. The summed E-state index contributed by atoms with van der Waals surface area (Å²) in [4.78, 5) is 12.3. The number of aromatic nitrogens is 2. The van der Waals surface area contributed by atoms with Gasteiger partial charge in [-0.05, 0) is 18.2 Å². The van der Waals surface area contributed by atoms with Crippen LogP contribution in [0.5, 0.6) is 0 Å². The third-order valence-corrected chi connectivity index (χ3v) is 3.62. The van der Waals surface area contributed by atoms with Crippen molar-refractivity contribution in [2.24, 2.45) is 7.05 Å². The van der Waals surface area contributed by atoms with E-state index in [2.05, 4.69) is 15.7 Å². The third kappa shape index (κ3) is 2.42. The highest BCUT2D eigenvalue weighted by Crippen LogP contribution is 2.23. The van der Waals surface area contributed by atoms with E-state index in [4.69, 9.17) is 11.6 Å². The number of anilines is 1. The Labute approximate surface area is 121 Å². The lowest BCUT2D eigenvalue weighted by molar-refractivity contribution is 0.102. The lowest BCUT2D eigenvalue weighted by atomic mass is 10.1. The Bertz CT molecular complexity index is 665. The first-order valence-electron chi connectivity index (χ1n) is 6.47. The van der Waals surface area contributed by atoms with Crippen LogP contribution < -0.4 is 10.6 Å². The molecule has 0 spiro atoms. The van der Waals surface area contributed by atoms with Crippen LogP contribution in [-0.2, 0) is 20.0 Å². The van der Waals surface area contributed by atoms with Gasteiger partial charge in [0.15, 0.2) is 0 Å². The zero-order chi connectivity index (χ0) is 14.1. The summed E-state index contributed by atoms with van der Waals surface area (Å²) in [5.41, 5.74) is 2.65. The standard InChI is InChI=1S/C14H15ClN4O/c1-19-13(11-8-16-6-5-12(11)18-19)17-14(20)9-3-2-4-10(15)7-9/h2-4,7,16H,5-6,8H2,1H3,(H,17,20). The molecule has 0 radical (unpaired) electrons. The normalized spacial score (nSPS) is 13.9. The second kappa shape index (κ2) is 5.26. The van der Waals surface area contributed by atoms with E-state index >= 15 is 0 Å².